The predicted molar refractivity (Wildman–Crippen MR) is 135 cm³/mol. The summed E-state index contributed by atoms with van der Waals surface area (Å²) in [6.45, 7) is 6.59. The minimum Gasteiger partial charge on any atom is -0.496 e. The molecule has 1 aromatic carbocycles. The van der Waals surface area contributed by atoms with Gasteiger partial charge in [0, 0.05) is 12.2 Å². The van der Waals surface area contributed by atoms with E-state index in [9.17, 15) is 19.5 Å². The third-order valence-electron chi connectivity index (χ3n) is 6.12. The van der Waals surface area contributed by atoms with E-state index in [0.29, 0.717) is 33.5 Å². The van der Waals surface area contributed by atoms with Crippen molar-refractivity contribution in [2.45, 2.75) is 45.9 Å². The summed E-state index contributed by atoms with van der Waals surface area (Å²) in [7, 11) is 1.55. The second kappa shape index (κ2) is 9.75. The summed E-state index contributed by atoms with van der Waals surface area (Å²) >= 11 is 1.19. The zero-order valence-electron chi connectivity index (χ0n) is 20.6. The zero-order chi connectivity index (χ0) is 26.2. The van der Waals surface area contributed by atoms with Crippen molar-refractivity contribution in [3.8, 4) is 16.5 Å². The molecule has 0 aliphatic rings. The molecule has 190 valence electrons. The molecule has 1 N–H and O–H groups in total. The van der Waals surface area contributed by atoms with Crippen LogP contribution in [-0.4, -0.2) is 38.9 Å². The minimum absolute atomic E-state index is 0.0184. The van der Waals surface area contributed by atoms with Gasteiger partial charge in [-0.25, -0.2) is 19.1 Å². The number of aryl methyl sites for hydroxylation is 1. The Hall–Kier alpha value is -3.70. The van der Waals surface area contributed by atoms with Crippen LogP contribution in [0.3, 0.4) is 0 Å². The highest BCUT2D eigenvalue weighted by Crippen LogP contribution is 2.37. The van der Waals surface area contributed by atoms with Crippen molar-refractivity contribution < 1.29 is 23.8 Å². The molecular formula is C25H27N3O7S. The maximum absolute atomic E-state index is 13.8. The number of carboxylic acids is 1. The normalized spacial score (nSPS) is 12.7. The molecule has 4 aromatic rings. The third kappa shape index (κ3) is 4.14. The Bertz CT molecular complexity index is 1530. The van der Waals surface area contributed by atoms with E-state index in [-0.39, 0.29) is 11.9 Å². The maximum Gasteiger partial charge on any atom is 0.333 e. The molecule has 0 amide bonds. The van der Waals surface area contributed by atoms with Crippen LogP contribution in [-0.2, 0) is 21.6 Å². The molecule has 0 saturated heterocycles. The number of hydrogen-bond acceptors (Lipinski definition) is 8. The average Bonchev–Trinajstić information content (AvgIpc) is 3.49. The monoisotopic (exact) mass is 513 g/mol. The fraction of sp³-hybridized carbons (Fsp3) is 0.360. The van der Waals surface area contributed by atoms with Crippen molar-refractivity contribution in [3.05, 3.63) is 68.7 Å². The first kappa shape index (κ1) is 25.4. The van der Waals surface area contributed by atoms with Crippen molar-refractivity contribution in [1.29, 1.82) is 0 Å². The Kier molecular flexibility index (Phi) is 6.87. The first-order valence-corrected chi connectivity index (χ1v) is 12.1. The molecular weight excluding hydrogens is 486 g/mol. The largest absolute Gasteiger partial charge is 0.496 e. The summed E-state index contributed by atoms with van der Waals surface area (Å²) in [5.74, 6) is -0.413. The fourth-order valence-corrected chi connectivity index (χ4v) is 5.42. The lowest BCUT2D eigenvalue weighted by Gasteiger charge is -2.25. The molecule has 0 aliphatic carbocycles. The lowest BCUT2D eigenvalue weighted by Crippen LogP contribution is -2.52. The standard InChI is InChI=1S/C25H27N3O7S/c1-6-34-17(15-9-7-8-10-16(15)33-5)13-27-22-18(14(2)19(36-22)20-26-11-12-35-20)21(29)28(24(27)32)25(3,4)23(30)31/h7-12,17H,6,13H2,1-5H3,(H,30,31). The van der Waals surface area contributed by atoms with Gasteiger partial charge in [-0.05, 0) is 39.3 Å². The second-order valence-corrected chi connectivity index (χ2v) is 9.66. The number of nitrogens with zero attached hydrogens (tertiary/aromatic N) is 3. The molecule has 0 aliphatic heterocycles. The van der Waals surface area contributed by atoms with Gasteiger partial charge in [0.25, 0.3) is 5.56 Å². The summed E-state index contributed by atoms with van der Waals surface area (Å²) in [4.78, 5) is 44.7. The van der Waals surface area contributed by atoms with E-state index >= 15 is 0 Å². The first-order chi connectivity index (χ1) is 17.1. The van der Waals surface area contributed by atoms with E-state index in [1.54, 1.807) is 20.1 Å². The van der Waals surface area contributed by atoms with Gasteiger partial charge >= 0.3 is 11.7 Å². The molecule has 4 rings (SSSR count). The average molecular weight is 514 g/mol. The van der Waals surface area contributed by atoms with Crippen LogP contribution in [0.1, 0.15) is 38.0 Å². The number of carbonyl (C=O) groups is 1. The van der Waals surface area contributed by atoms with Crippen LogP contribution in [0.15, 0.2) is 50.7 Å². The zero-order valence-corrected chi connectivity index (χ0v) is 21.4. The number of fused-ring (bicyclic) bond motifs is 1. The van der Waals surface area contributed by atoms with Crippen LogP contribution in [0.5, 0.6) is 5.75 Å². The Morgan fingerprint density at radius 3 is 2.61 bits per heavy atom. The highest BCUT2D eigenvalue weighted by atomic mass is 32.1. The summed E-state index contributed by atoms with van der Waals surface area (Å²) < 4.78 is 19.2. The lowest BCUT2D eigenvalue weighted by atomic mass is 10.1. The van der Waals surface area contributed by atoms with Crippen molar-refractivity contribution >= 4 is 27.5 Å². The number of aliphatic carboxylic acids is 1. The topological polar surface area (TPSA) is 126 Å². The number of hydrogen-bond donors (Lipinski definition) is 1. The molecule has 10 nitrogen and oxygen atoms in total. The van der Waals surface area contributed by atoms with Gasteiger partial charge in [-0.2, -0.15) is 0 Å². The highest BCUT2D eigenvalue weighted by Gasteiger charge is 2.36. The molecule has 3 aromatic heterocycles. The molecule has 36 heavy (non-hydrogen) atoms. The first-order valence-electron chi connectivity index (χ1n) is 11.3. The van der Waals surface area contributed by atoms with Crippen molar-refractivity contribution in [2.75, 3.05) is 13.7 Å². The number of para-hydroxylation sites is 1. The molecule has 3 heterocycles. The summed E-state index contributed by atoms with van der Waals surface area (Å²) in [6.07, 6.45) is 2.30. The number of ether oxygens (including phenoxy) is 2. The van der Waals surface area contributed by atoms with Crippen LogP contribution in [0.4, 0.5) is 0 Å². The molecule has 0 saturated carbocycles. The van der Waals surface area contributed by atoms with E-state index < -0.39 is 28.9 Å². The SMILES string of the molecule is CCOC(Cn1c(=O)n(C(C)(C)C(=O)O)c(=O)c2c(C)c(-c3ncco3)sc21)c1ccccc1OC. The second-order valence-electron chi connectivity index (χ2n) is 8.66. The van der Waals surface area contributed by atoms with Crippen LogP contribution < -0.4 is 16.0 Å². The van der Waals surface area contributed by atoms with E-state index in [1.807, 2.05) is 25.1 Å². The van der Waals surface area contributed by atoms with Gasteiger partial charge in [-0.15, -0.1) is 11.3 Å². The van der Waals surface area contributed by atoms with Crippen LogP contribution in [0, 0.1) is 6.92 Å². The van der Waals surface area contributed by atoms with Crippen molar-refractivity contribution in [3.63, 3.8) is 0 Å². The number of oxazole rings is 1. The Balaban J connectivity index is 2.05. The number of carboxylic acid groups (broad SMARTS) is 1. The van der Waals surface area contributed by atoms with Gasteiger partial charge in [0.2, 0.25) is 5.89 Å². The van der Waals surface area contributed by atoms with E-state index in [4.69, 9.17) is 13.9 Å². The number of methoxy groups -OCH3 is 1. The number of benzene rings is 1. The highest BCUT2D eigenvalue weighted by molar-refractivity contribution is 7.22. The number of aromatic nitrogens is 3. The van der Waals surface area contributed by atoms with Crippen LogP contribution in [0.25, 0.3) is 21.0 Å². The van der Waals surface area contributed by atoms with Gasteiger partial charge in [-0.3, -0.25) is 9.36 Å². The Morgan fingerprint density at radius 1 is 1.28 bits per heavy atom. The predicted octanol–water partition coefficient (Wildman–Crippen LogP) is 3.79. The molecule has 1 unspecified atom stereocenters. The number of thiophene rings is 1. The van der Waals surface area contributed by atoms with E-state index in [0.717, 1.165) is 10.1 Å². The lowest BCUT2D eigenvalue weighted by molar-refractivity contribution is -0.146. The van der Waals surface area contributed by atoms with Gasteiger partial charge in [0.1, 0.15) is 28.5 Å². The smallest absolute Gasteiger partial charge is 0.333 e. The molecule has 0 spiro atoms. The quantitative estimate of drug-likeness (QED) is 0.358. The van der Waals surface area contributed by atoms with Crippen LogP contribution in [0.2, 0.25) is 0 Å². The van der Waals surface area contributed by atoms with Gasteiger partial charge < -0.3 is 19.0 Å². The van der Waals surface area contributed by atoms with E-state index in [1.165, 1.54) is 42.2 Å². The summed E-state index contributed by atoms with van der Waals surface area (Å²) in [5, 5.41) is 10.1. The Morgan fingerprint density at radius 2 is 2.00 bits per heavy atom. The van der Waals surface area contributed by atoms with Gasteiger partial charge in [0.05, 0.1) is 30.1 Å². The molecule has 0 fully saturated rings. The third-order valence-corrected chi connectivity index (χ3v) is 7.43. The van der Waals surface area contributed by atoms with Crippen molar-refractivity contribution in [2.24, 2.45) is 0 Å². The van der Waals surface area contributed by atoms with Gasteiger partial charge in [-0.1, -0.05) is 18.2 Å². The molecule has 11 heteroatoms. The van der Waals surface area contributed by atoms with Crippen molar-refractivity contribution in [1.82, 2.24) is 14.1 Å². The Labute approximate surface area is 210 Å². The minimum atomic E-state index is -1.80. The fourth-order valence-electron chi connectivity index (χ4n) is 4.18. The molecule has 0 radical (unpaired) electrons. The van der Waals surface area contributed by atoms with E-state index in [2.05, 4.69) is 4.98 Å². The molecule has 0 bridgehead atoms. The van der Waals surface area contributed by atoms with Crippen LogP contribution >= 0.6 is 11.3 Å². The summed E-state index contributed by atoms with van der Waals surface area (Å²) in [6, 6.07) is 7.31. The maximum atomic E-state index is 13.8. The summed E-state index contributed by atoms with van der Waals surface area (Å²) in [5.41, 5.74) is -1.96. The van der Waals surface area contributed by atoms with Gasteiger partial charge in [0.15, 0.2) is 0 Å². The number of rotatable bonds is 9. The molecule has 1 atom stereocenters.